The fourth-order valence-corrected chi connectivity index (χ4v) is 1.62. The van der Waals surface area contributed by atoms with Crippen LogP contribution in [0.2, 0.25) is 0 Å². The number of H-pyrrole nitrogens is 1. The first kappa shape index (κ1) is 10.5. The molecule has 0 bridgehead atoms. The molecule has 0 aliphatic carbocycles. The maximum absolute atomic E-state index is 5.82. The highest BCUT2D eigenvalue weighted by Crippen LogP contribution is 2.19. The van der Waals surface area contributed by atoms with Gasteiger partial charge in [-0.25, -0.2) is 9.97 Å². The first-order valence-corrected chi connectivity index (χ1v) is 5.07. The van der Waals surface area contributed by atoms with E-state index in [1.807, 2.05) is 36.7 Å². The Morgan fingerprint density at radius 2 is 2.31 bits per heavy atom. The maximum Gasteiger partial charge on any atom is 0.171 e. The Balaban J connectivity index is 2.17. The van der Waals surface area contributed by atoms with Crippen LogP contribution in [-0.2, 0) is 13.6 Å². The van der Waals surface area contributed by atoms with Crippen LogP contribution in [-0.4, -0.2) is 26.6 Å². The largest absolute Gasteiger partial charge is 0.382 e. The number of anilines is 2. The number of rotatable bonds is 3. The van der Waals surface area contributed by atoms with E-state index in [1.54, 1.807) is 6.20 Å². The summed E-state index contributed by atoms with van der Waals surface area (Å²) in [7, 11) is 3.91. The average molecular weight is 220 g/mol. The second-order valence-electron chi connectivity index (χ2n) is 3.87. The summed E-state index contributed by atoms with van der Waals surface area (Å²) in [6, 6.07) is 0. The van der Waals surface area contributed by atoms with Crippen molar-refractivity contribution in [3.63, 3.8) is 0 Å². The lowest BCUT2D eigenvalue weighted by atomic mass is 10.5. The molecule has 0 unspecified atom stereocenters. The summed E-state index contributed by atoms with van der Waals surface area (Å²) >= 11 is 0. The van der Waals surface area contributed by atoms with Gasteiger partial charge in [0.05, 0.1) is 6.54 Å². The van der Waals surface area contributed by atoms with E-state index in [1.165, 1.54) is 0 Å². The minimum Gasteiger partial charge on any atom is -0.382 e. The van der Waals surface area contributed by atoms with Gasteiger partial charge in [0.25, 0.3) is 0 Å². The molecular formula is C10H16N6. The third kappa shape index (κ3) is 1.86. The number of hydrogen-bond acceptors (Lipinski definition) is 4. The lowest BCUT2D eigenvalue weighted by Gasteiger charge is -2.16. The number of hydrogen-bond donors (Lipinski definition) is 2. The van der Waals surface area contributed by atoms with Crippen LogP contribution in [0.25, 0.3) is 0 Å². The van der Waals surface area contributed by atoms with Crippen LogP contribution >= 0.6 is 0 Å². The van der Waals surface area contributed by atoms with Gasteiger partial charge in [-0.2, -0.15) is 0 Å². The second-order valence-corrected chi connectivity index (χ2v) is 3.87. The van der Waals surface area contributed by atoms with E-state index in [0.29, 0.717) is 12.4 Å². The van der Waals surface area contributed by atoms with Gasteiger partial charge in [-0.3, -0.25) is 0 Å². The van der Waals surface area contributed by atoms with Crippen molar-refractivity contribution in [2.75, 3.05) is 17.7 Å². The summed E-state index contributed by atoms with van der Waals surface area (Å²) in [4.78, 5) is 13.5. The Morgan fingerprint density at radius 3 is 2.81 bits per heavy atom. The number of nitrogens with zero attached hydrogens (tertiary/aromatic N) is 4. The molecule has 86 valence electrons. The highest BCUT2D eigenvalue weighted by atomic mass is 15.2. The molecule has 0 saturated heterocycles. The van der Waals surface area contributed by atoms with Gasteiger partial charge < -0.3 is 20.2 Å². The van der Waals surface area contributed by atoms with Gasteiger partial charge in [0.1, 0.15) is 17.5 Å². The third-order valence-corrected chi connectivity index (χ3v) is 2.49. The number of aryl methyl sites for hydroxylation is 2. The van der Waals surface area contributed by atoms with Crippen molar-refractivity contribution in [1.82, 2.24) is 19.5 Å². The van der Waals surface area contributed by atoms with E-state index < -0.39 is 0 Å². The zero-order valence-electron chi connectivity index (χ0n) is 9.73. The van der Waals surface area contributed by atoms with E-state index in [4.69, 9.17) is 5.73 Å². The van der Waals surface area contributed by atoms with Gasteiger partial charge in [0.15, 0.2) is 5.82 Å². The normalized spacial score (nSPS) is 10.7. The summed E-state index contributed by atoms with van der Waals surface area (Å²) < 4.78 is 1.98. The minimum absolute atomic E-state index is 0.592. The molecule has 2 aromatic rings. The highest BCUT2D eigenvalue weighted by molar-refractivity contribution is 5.58. The minimum atomic E-state index is 0.592. The Kier molecular flexibility index (Phi) is 2.55. The summed E-state index contributed by atoms with van der Waals surface area (Å²) in [5.41, 5.74) is 5.82. The number of nitrogens with two attached hydrogens (primary N) is 1. The molecule has 0 aliphatic rings. The summed E-state index contributed by atoms with van der Waals surface area (Å²) in [5.74, 6) is 3.15. The number of aromatic nitrogens is 4. The third-order valence-electron chi connectivity index (χ3n) is 2.49. The topological polar surface area (TPSA) is 75.8 Å². The quantitative estimate of drug-likeness (QED) is 0.797. The van der Waals surface area contributed by atoms with Crippen LogP contribution in [0.1, 0.15) is 11.6 Å². The zero-order valence-corrected chi connectivity index (χ0v) is 9.73. The molecule has 0 aliphatic heterocycles. The van der Waals surface area contributed by atoms with Crippen molar-refractivity contribution < 1.29 is 0 Å². The van der Waals surface area contributed by atoms with E-state index in [-0.39, 0.29) is 0 Å². The van der Waals surface area contributed by atoms with E-state index in [2.05, 4.69) is 15.0 Å². The fourth-order valence-electron chi connectivity index (χ4n) is 1.62. The van der Waals surface area contributed by atoms with Gasteiger partial charge >= 0.3 is 0 Å². The Morgan fingerprint density at radius 1 is 1.56 bits per heavy atom. The molecule has 2 heterocycles. The van der Waals surface area contributed by atoms with Crippen LogP contribution in [0.4, 0.5) is 11.6 Å². The molecule has 2 aromatic heterocycles. The Bertz CT molecular complexity index is 483. The Hall–Kier alpha value is -1.98. The van der Waals surface area contributed by atoms with Crippen molar-refractivity contribution in [2.24, 2.45) is 7.05 Å². The molecule has 6 heteroatoms. The first-order chi connectivity index (χ1) is 7.58. The molecule has 3 N–H and O–H groups in total. The van der Waals surface area contributed by atoms with E-state index in [9.17, 15) is 0 Å². The molecule has 6 nitrogen and oxygen atoms in total. The van der Waals surface area contributed by atoms with Crippen LogP contribution in [0.3, 0.4) is 0 Å². The molecule has 2 rings (SSSR count). The lowest BCUT2D eigenvalue weighted by molar-refractivity contribution is 0.757. The van der Waals surface area contributed by atoms with Crippen molar-refractivity contribution in [3.05, 3.63) is 24.0 Å². The van der Waals surface area contributed by atoms with Crippen LogP contribution in [0, 0.1) is 6.92 Å². The molecular weight excluding hydrogens is 204 g/mol. The number of nitrogens with one attached hydrogen (secondary N) is 1. The predicted molar refractivity (Wildman–Crippen MR) is 63.1 cm³/mol. The van der Waals surface area contributed by atoms with Crippen LogP contribution < -0.4 is 10.6 Å². The fraction of sp³-hybridized carbons (Fsp3) is 0.400. The molecule has 0 saturated carbocycles. The van der Waals surface area contributed by atoms with Crippen molar-refractivity contribution in [1.29, 1.82) is 0 Å². The monoisotopic (exact) mass is 220 g/mol. The van der Waals surface area contributed by atoms with Crippen LogP contribution in [0.5, 0.6) is 0 Å². The summed E-state index contributed by atoms with van der Waals surface area (Å²) in [6.45, 7) is 2.56. The van der Waals surface area contributed by atoms with E-state index >= 15 is 0 Å². The second kappa shape index (κ2) is 3.88. The molecule has 0 radical (unpaired) electrons. The molecule has 0 spiro atoms. The number of nitrogen functional groups attached to an aromatic ring is 1. The zero-order chi connectivity index (χ0) is 11.7. The SMILES string of the molecule is Cc1nc(N(C)Cc2nccn2C)c(N)[nH]1. The number of aromatic amines is 1. The molecule has 16 heavy (non-hydrogen) atoms. The standard InChI is InChI=1S/C10H16N6/c1-7-13-9(11)10(14-7)16(3)6-8-12-4-5-15(8)2/h4-5H,6,11H2,1-3H3,(H,13,14). The summed E-state index contributed by atoms with van der Waals surface area (Å²) in [5, 5.41) is 0. The van der Waals surface area contributed by atoms with Gasteiger partial charge in [0.2, 0.25) is 0 Å². The molecule has 0 amide bonds. The smallest absolute Gasteiger partial charge is 0.171 e. The Labute approximate surface area is 94.1 Å². The lowest BCUT2D eigenvalue weighted by Crippen LogP contribution is -2.20. The van der Waals surface area contributed by atoms with Gasteiger partial charge in [-0.05, 0) is 6.92 Å². The van der Waals surface area contributed by atoms with E-state index in [0.717, 1.165) is 17.5 Å². The molecule has 0 atom stereocenters. The van der Waals surface area contributed by atoms with Gasteiger partial charge in [0, 0.05) is 26.5 Å². The average Bonchev–Trinajstić information content (AvgIpc) is 2.74. The molecule has 0 aromatic carbocycles. The number of imidazole rings is 2. The van der Waals surface area contributed by atoms with Crippen molar-refractivity contribution >= 4 is 11.6 Å². The maximum atomic E-state index is 5.82. The van der Waals surface area contributed by atoms with Crippen molar-refractivity contribution in [2.45, 2.75) is 13.5 Å². The predicted octanol–water partition coefficient (Wildman–Crippen LogP) is 0.670. The summed E-state index contributed by atoms with van der Waals surface area (Å²) in [6.07, 6.45) is 3.70. The first-order valence-electron chi connectivity index (χ1n) is 5.07. The van der Waals surface area contributed by atoms with Crippen molar-refractivity contribution in [3.8, 4) is 0 Å². The molecule has 0 fully saturated rings. The van der Waals surface area contributed by atoms with Crippen LogP contribution in [0.15, 0.2) is 12.4 Å². The van der Waals surface area contributed by atoms with Gasteiger partial charge in [-0.1, -0.05) is 0 Å². The highest BCUT2D eigenvalue weighted by Gasteiger charge is 2.12. The van der Waals surface area contributed by atoms with Gasteiger partial charge in [-0.15, -0.1) is 0 Å².